The lowest BCUT2D eigenvalue weighted by Gasteiger charge is -2.61. The Kier molecular flexibility index (Phi) is 3.81. The van der Waals surface area contributed by atoms with E-state index in [9.17, 15) is 24.0 Å². The molecule has 30 heavy (non-hydrogen) atoms. The molecule has 5 aliphatic rings. The molecule has 2 bridgehead atoms. The number of methoxy groups -OCH3 is 1. The lowest BCUT2D eigenvalue weighted by Crippen LogP contribution is -2.74. The first-order valence-corrected chi connectivity index (χ1v) is 9.84. The smallest absolute Gasteiger partial charge is 0.318 e. The molecule has 1 aromatic rings. The zero-order valence-corrected chi connectivity index (χ0v) is 16.5. The number of benzene rings is 1. The third kappa shape index (κ3) is 2.03. The summed E-state index contributed by atoms with van der Waals surface area (Å²) in [6.45, 7) is 0. The number of esters is 1. The molecule has 2 aliphatic carbocycles. The molecule has 6 atom stereocenters. The summed E-state index contributed by atoms with van der Waals surface area (Å²) in [4.78, 5) is 67.9. The van der Waals surface area contributed by atoms with Crippen molar-refractivity contribution >= 4 is 35.2 Å². The van der Waals surface area contributed by atoms with Gasteiger partial charge < -0.3 is 9.64 Å². The average molecular weight is 408 g/mol. The van der Waals surface area contributed by atoms with Gasteiger partial charge in [0.2, 0.25) is 17.7 Å². The van der Waals surface area contributed by atoms with E-state index in [0.717, 1.165) is 4.90 Å². The van der Waals surface area contributed by atoms with Crippen molar-refractivity contribution in [3.63, 3.8) is 0 Å². The molecule has 8 heteroatoms. The van der Waals surface area contributed by atoms with Gasteiger partial charge in [0.25, 0.3) is 0 Å². The Morgan fingerprint density at radius 1 is 1.00 bits per heavy atom. The number of rotatable bonds is 2. The van der Waals surface area contributed by atoms with Gasteiger partial charge in [0, 0.05) is 19.4 Å². The van der Waals surface area contributed by atoms with Crippen molar-refractivity contribution in [2.75, 3.05) is 19.1 Å². The molecule has 1 aromatic carbocycles. The molecule has 3 amide bonds. The normalized spacial score (nSPS) is 36.8. The number of carbonyl (C=O) groups is 5. The van der Waals surface area contributed by atoms with E-state index in [0.29, 0.717) is 5.69 Å². The molecular weight excluding hydrogens is 388 g/mol. The first-order valence-electron chi connectivity index (χ1n) is 9.84. The molecule has 0 spiro atoms. The average Bonchev–Trinajstić information content (AvgIpc) is 3.01. The van der Waals surface area contributed by atoms with E-state index in [1.165, 1.54) is 24.2 Å². The summed E-state index contributed by atoms with van der Waals surface area (Å²) < 4.78 is 5.09. The molecule has 3 saturated heterocycles. The van der Waals surface area contributed by atoms with Crippen LogP contribution in [0, 0.1) is 29.1 Å². The Labute approximate surface area is 172 Å². The monoisotopic (exact) mass is 408 g/mol. The fourth-order valence-corrected chi connectivity index (χ4v) is 6.13. The number of para-hydroxylation sites is 1. The Bertz CT molecular complexity index is 1030. The van der Waals surface area contributed by atoms with Gasteiger partial charge in [-0.1, -0.05) is 24.3 Å². The Hall–Kier alpha value is -3.29. The van der Waals surface area contributed by atoms with Crippen molar-refractivity contribution in [1.29, 1.82) is 0 Å². The standard InChI is InChI=1S/C22H20N2O6/c1-23-17-16-15(19(27)24(20(16)28)11-6-4-3-5-7-11)14(18(23)26)13-10-12(25)8-9-22(13,17)21(29)30-2/h3-9,13-17H,10H2,1-2H3/t13-,14-,15-,16-,17+,22-/m1/s1. The van der Waals surface area contributed by atoms with Crippen LogP contribution in [-0.4, -0.2) is 54.6 Å². The molecule has 3 aliphatic heterocycles. The van der Waals surface area contributed by atoms with Gasteiger partial charge in [-0.3, -0.25) is 24.0 Å². The summed E-state index contributed by atoms with van der Waals surface area (Å²) in [5.74, 6) is -5.44. The van der Waals surface area contributed by atoms with Gasteiger partial charge in [-0.15, -0.1) is 0 Å². The highest BCUT2D eigenvalue weighted by molar-refractivity contribution is 6.24. The van der Waals surface area contributed by atoms with Crippen LogP contribution in [0.3, 0.4) is 0 Å². The minimum absolute atomic E-state index is 0.0393. The number of ketones is 1. The van der Waals surface area contributed by atoms with Crippen molar-refractivity contribution in [1.82, 2.24) is 4.90 Å². The van der Waals surface area contributed by atoms with E-state index in [2.05, 4.69) is 0 Å². The maximum absolute atomic E-state index is 13.5. The van der Waals surface area contributed by atoms with E-state index in [-0.39, 0.29) is 18.1 Å². The number of allylic oxidation sites excluding steroid dienone is 1. The number of hydrogen-bond acceptors (Lipinski definition) is 6. The van der Waals surface area contributed by atoms with Crippen molar-refractivity contribution < 1.29 is 28.7 Å². The number of piperidine rings is 2. The third-order valence-electron chi connectivity index (χ3n) is 7.23. The van der Waals surface area contributed by atoms with Gasteiger partial charge in [-0.05, 0) is 18.2 Å². The van der Waals surface area contributed by atoms with Gasteiger partial charge in [-0.25, -0.2) is 4.90 Å². The third-order valence-corrected chi connectivity index (χ3v) is 7.23. The van der Waals surface area contributed by atoms with E-state index in [4.69, 9.17) is 4.74 Å². The van der Waals surface area contributed by atoms with Gasteiger partial charge in [0.15, 0.2) is 5.78 Å². The lowest BCUT2D eigenvalue weighted by molar-refractivity contribution is -0.195. The maximum atomic E-state index is 13.5. The van der Waals surface area contributed by atoms with E-state index >= 15 is 0 Å². The minimum Gasteiger partial charge on any atom is -0.468 e. The summed E-state index contributed by atoms with van der Waals surface area (Å²) >= 11 is 0. The highest BCUT2D eigenvalue weighted by Crippen LogP contribution is 2.62. The SMILES string of the molecule is COC(=O)[C@]12C=CC(=O)C[C@@H]1[C@H]1C(=O)N(C)[C@H]2[C@@H]2C(=O)N(c3ccccc3)C(=O)[C@@H]21. The Morgan fingerprint density at radius 3 is 2.33 bits per heavy atom. The quantitative estimate of drug-likeness (QED) is 0.524. The fourth-order valence-electron chi connectivity index (χ4n) is 6.13. The molecule has 0 radical (unpaired) electrons. The highest BCUT2D eigenvalue weighted by Gasteiger charge is 2.76. The van der Waals surface area contributed by atoms with Gasteiger partial charge in [-0.2, -0.15) is 0 Å². The van der Waals surface area contributed by atoms with Crippen molar-refractivity contribution in [2.24, 2.45) is 29.1 Å². The van der Waals surface area contributed by atoms with Crippen LogP contribution in [0.5, 0.6) is 0 Å². The molecule has 154 valence electrons. The maximum Gasteiger partial charge on any atom is 0.318 e. The van der Waals surface area contributed by atoms with E-state index < -0.39 is 52.9 Å². The largest absolute Gasteiger partial charge is 0.468 e. The molecule has 0 N–H and O–H groups in total. The summed E-state index contributed by atoms with van der Waals surface area (Å²) in [6.07, 6.45) is 2.79. The predicted octanol–water partition coefficient (Wildman–Crippen LogP) is 0.567. The second-order valence-electron chi connectivity index (χ2n) is 8.35. The molecule has 6 rings (SSSR count). The molecule has 0 aromatic heterocycles. The van der Waals surface area contributed by atoms with Gasteiger partial charge in [0.1, 0.15) is 5.41 Å². The topological polar surface area (TPSA) is 101 Å². The number of fused-ring (bicyclic) bond motifs is 1. The summed E-state index contributed by atoms with van der Waals surface area (Å²) in [5.41, 5.74) is -0.905. The van der Waals surface area contributed by atoms with E-state index in [1.54, 1.807) is 37.4 Å². The van der Waals surface area contributed by atoms with Crippen LogP contribution >= 0.6 is 0 Å². The fraction of sp³-hybridized carbons (Fsp3) is 0.409. The number of anilines is 1. The summed E-state index contributed by atoms with van der Waals surface area (Å²) in [6, 6.07) is 7.65. The second kappa shape index (κ2) is 6.10. The van der Waals surface area contributed by atoms with Crippen molar-refractivity contribution in [3.05, 3.63) is 42.5 Å². The summed E-state index contributed by atoms with van der Waals surface area (Å²) in [5, 5.41) is 0. The predicted molar refractivity (Wildman–Crippen MR) is 103 cm³/mol. The first-order chi connectivity index (χ1) is 14.3. The Morgan fingerprint density at radius 2 is 1.67 bits per heavy atom. The van der Waals surface area contributed by atoms with Crippen LogP contribution in [0.1, 0.15) is 6.42 Å². The van der Waals surface area contributed by atoms with Gasteiger partial charge in [0.05, 0.1) is 36.6 Å². The van der Waals surface area contributed by atoms with Gasteiger partial charge >= 0.3 is 5.97 Å². The molecule has 1 saturated carbocycles. The van der Waals surface area contributed by atoms with Crippen LogP contribution in [0.4, 0.5) is 5.69 Å². The molecule has 4 fully saturated rings. The Balaban J connectivity index is 1.72. The molecule has 8 nitrogen and oxygen atoms in total. The van der Waals surface area contributed by atoms with E-state index in [1.807, 2.05) is 0 Å². The minimum atomic E-state index is -1.33. The summed E-state index contributed by atoms with van der Waals surface area (Å²) in [7, 11) is 2.79. The van der Waals surface area contributed by atoms with Crippen LogP contribution in [0.2, 0.25) is 0 Å². The van der Waals surface area contributed by atoms with Crippen molar-refractivity contribution in [2.45, 2.75) is 12.5 Å². The first kappa shape index (κ1) is 18.7. The van der Waals surface area contributed by atoms with Crippen LogP contribution in [0.25, 0.3) is 0 Å². The lowest BCUT2D eigenvalue weighted by atomic mass is 9.47. The molecular formula is C22H20N2O6. The number of nitrogens with zero attached hydrogens (tertiary/aromatic N) is 2. The number of amides is 3. The number of imide groups is 1. The zero-order valence-electron chi connectivity index (χ0n) is 16.5. The van der Waals surface area contributed by atoms with Crippen LogP contribution in [0.15, 0.2) is 42.5 Å². The van der Waals surface area contributed by atoms with Crippen molar-refractivity contribution in [3.8, 4) is 0 Å². The van der Waals surface area contributed by atoms with Crippen LogP contribution < -0.4 is 4.90 Å². The number of hydrogen-bond donors (Lipinski definition) is 0. The second-order valence-corrected chi connectivity index (χ2v) is 8.35. The van der Waals surface area contributed by atoms with Crippen LogP contribution in [-0.2, 0) is 28.7 Å². The molecule has 3 heterocycles. The zero-order chi connectivity index (χ0) is 21.4. The number of ether oxygens (including phenoxy) is 1. The molecule has 0 unspecified atom stereocenters. The number of carbonyl (C=O) groups excluding carboxylic acids is 5. The highest BCUT2D eigenvalue weighted by atomic mass is 16.5.